The van der Waals surface area contributed by atoms with E-state index in [1.165, 1.54) is 0 Å². The summed E-state index contributed by atoms with van der Waals surface area (Å²) in [6, 6.07) is 7.69. The summed E-state index contributed by atoms with van der Waals surface area (Å²) in [6.45, 7) is 2.03. The van der Waals surface area contributed by atoms with Gasteiger partial charge < -0.3 is 11.5 Å². The third-order valence-corrected chi connectivity index (χ3v) is 4.74. The molecule has 0 saturated carbocycles. The van der Waals surface area contributed by atoms with Crippen molar-refractivity contribution in [2.75, 3.05) is 0 Å². The molecule has 0 bridgehead atoms. The first kappa shape index (κ1) is 14.2. The number of hydrogen-bond donors (Lipinski definition) is 2. The van der Waals surface area contributed by atoms with Crippen LogP contribution in [0.5, 0.6) is 0 Å². The summed E-state index contributed by atoms with van der Waals surface area (Å²) in [5, 5.41) is -1.03. The van der Waals surface area contributed by atoms with Gasteiger partial charge in [-0.2, -0.15) is 0 Å². The number of hydrogen-bond acceptors (Lipinski definition) is 4. The molecule has 1 aromatic carbocycles. The molecule has 96 valence electrons. The lowest BCUT2D eigenvalue weighted by molar-refractivity contribution is 0.520. The third-order valence-electron chi connectivity index (χ3n) is 2.74. The van der Waals surface area contributed by atoms with E-state index in [9.17, 15) is 8.42 Å². The van der Waals surface area contributed by atoms with Crippen LogP contribution in [0.4, 0.5) is 0 Å². The van der Waals surface area contributed by atoms with E-state index in [0.29, 0.717) is 6.42 Å². The molecule has 17 heavy (non-hydrogen) atoms. The number of rotatable bonds is 6. The van der Waals surface area contributed by atoms with Gasteiger partial charge in [0.1, 0.15) is 5.37 Å². The highest BCUT2D eigenvalue weighted by molar-refractivity contribution is 7.92. The van der Waals surface area contributed by atoms with E-state index in [-0.39, 0.29) is 4.90 Å². The zero-order valence-corrected chi connectivity index (χ0v) is 10.9. The van der Waals surface area contributed by atoms with Crippen LogP contribution in [0.3, 0.4) is 0 Å². The van der Waals surface area contributed by atoms with Crippen molar-refractivity contribution < 1.29 is 8.42 Å². The second kappa shape index (κ2) is 6.14. The first-order valence-corrected chi connectivity index (χ1v) is 7.35. The molecule has 0 saturated heterocycles. The Bertz CT molecular complexity index is 431. The lowest BCUT2D eigenvalue weighted by atomic mass is 10.1. The van der Waals surface area contributed by atoms with Gasteiger partial charge in [-0.05, 0) is 18.6 Å². The zero-order chi connectivity index (χ0) is 12.9. The molecule has 0 aliphatic heterocycles. The molecule has 0 radical (unpaired) electrons. The highest BCUT2D eigenvalue weighted by Gasteiger charge is 2.28. The van der Waals surface area contributed by atoms with E-state index < -0.39 is 21.3 Å². The average Bonchev–Trinajstić information content (AvgIpc) is 2.36. The summed E-state index contributed by atoms with van der Waals surface area (Å²) in [6.07, 6.45) is 2.49. The number of benzene rings is 1. The molecule has 5 heteroatoms. The van der Waals surface area contributed by atoms with Crippen LogP contribution in [0.2, 0.25) is 0 Å². The molecule has 0 aliphatic rings. The van der Waals surface area contributed by atoms with E-state index in [0.717, 1.165) is 12.8 Å². The van der Waals surface area contributed by atoms with Crippen LogP contribution in [0.15, 0.2) is 35.2 Å². The van der Waals surface area contributed by atoms with Crippen LogP contribution in [-0.2, 0) is 9.84 Å². The van der Waals surface area contributed by atoms with Crippen molar-refractivity contribution in [1.29, 1.82) is 0 Å². The second-order valence-electron chi connectivity index (χ2n) is 4.13. The maximum atomic E-state index is 12.1. The Kier molecular flexibility index (Phi) is 5.11. The van der Waals surface area contributed by atoms with E-state index in [2.05, 4.69) is 0 Å². The molecule has 1 rings (SSSR count). The first-order chi connectivity index (χ1) is 8.00. The van der Waals surface area contributed by atoms with Crippen LogP contribution in [0, 0.1) is 0 Å². The Balaban J connectivity index is 2.84. The smallest absolute Gasteiger partial charge is 0.195 e. The van der Waals surface area contributed by atoms with E-state index in [4.69, 9.17) is 11.5 Å². The van der Waals surface area contributed by atoms with Gasteiger partial charge in [-0.15, -0.1) is 0 Å². The summed E-state index contributed by atoms with van der Waals surface area (Å²) in [5.41, 5.74) is 11.6. The van der Waals surface area contributed by atoms with Crippen molar-refractivity contribution >= 4 is 9.84 Å². The molecule has 2 atom stereocenters. The van der Waals surface area contributed by atoms with Gasteiger partial charge in [0, 0.05) is 6.04 Å². The minimum absolute atomic E-state index is 0.236. The largest absolute Gasteiger partial charge is 0.325 e. The van der Waals surface area contributed by atoms with Crippen LogP contribution in [0.25, 0.3) is 0 Å². The maximum absolute atomic E-state index is 12.1. The van der Waals surface area contributed by atoms with E-state index >= 15 is 0 Å². The van der Waals surface area contributed by atoms with Crippen LogP contribution in [-0.4, -0.2) is 19.8 Å². The monoisotopic (exact) mass is 256 g/mol. The number of sulfone groups is 1. The fourth-order valence-electron chi connectivity index (χ4n) is 1.60. The number of unbranched alkanes of at least 4 members (excludes halogenated alkanes) is 1. The van der Waals surface area contributed by atoms with Crippen molar-refractivity contribution in [3.63, 3.8) is 0 Å². The second-order valence-corrected chi connectivity index (χ2v) is 6.23. The fraction of sp³-hybridized carbons (Fsp3) is 0.500. The third kappa shape index (κ3) is 3.52. The summed E-state index contributed by atoms with van der Waals surface area (Å²) in [7, 11) is -3.52. The average molecular weight is 256 g/mol. The molecular weight excluding hydrogens is 236 g/mol. The van der Waals surface area contributed by atoms with Crippen LogP contribution in [0.1, 0.15) is 26.2 Å². The van der Waals surface area contributed by atoms with Crippen molar-refractivity contribution in [3.8, 4) is 0 Å². The molecule has 0 aliphatic carbocycles. The lowest BCUT2D eigenvalue weighted by Crippen LogP contribution is -2.46. The molecule has 0 spiro atoms. The van der Waals surface area contributed by atoms with Gasteiger partial charge in [-0.25, -0.2) is 8.42 Å². The van der Waals surface area contributed by atoms with Crippen molar-refractivity contribution in [2.45, 2.75) is 42.5 Å². The van der Waals surface area contributed by atoms with Gasteiger partial charge in [-0.1, -0.05) is 38.0 Å². The molecule has 0 fully saturated rings. The van der Waals surface area contributed by atoms with E-state index in [1.807, 2.05) is 6.92 Å². The topological polar surface area (TPSA) is 86.2 Å². The van der Waals surface area contributed by atoms with Gasteiger partial charge in [-0.3, -0.25) is 0 Å². The van der Waals surface area contributed by atoms with Crippen LogP contribution >= 0.6 is 0 Å². The molecular formula is C12H20N2O2S. The Hall–Kier alpha value is -0.910. The predicted octanol–water partition coefficient (Wildman–Crippen LogP) is 1.26. The minimum atomic E-state index is -3.52. The molecule has 4 N–H and O–H groups in total. The minimum Gasteiger partial charge on any atom is -0.325 e. The van der Waals surface area contributed by atoms with Gasteiger partial charge in [0.05, 0.1) is 4.90 Å². The molecule has 0 heterocycles. The quantitative estimate of drug-likeness (QED) is 0.802. The number of nitrogens with two attached hydrogens (primary N) is 2. The maximum Gasteiger partial charge on any atom is 0.195 e. The fourth-order valence-corrected chi connectivity index (χ4v) is 3.05. The molecule has 0 amide bonds. The summed E-state index contributed by atoms with van der Waals surface area (Å²) in [4.78, 5) is 0.236. The summed E-state index contributed by atoms with van der Waals surface area (Å²) >= 11 is 0. The Labute approximate surface area is 103 Å². The molecule has 2 unspecified atom stereocenters. The Morgan fingerprint density at radius 1 is 1.18 bits per heavy atom. The van der Waals surface area contributed by atoms with Gasteiger partial charge in [0.25, 0.3) is 0 Å². The summed E-state index contributed by atoms with van der Waals surface area (Å²) in [5.74, 6) is 0. The first-order valence-electron chi connectivity index (χ1n) is 5.80. The van der Waals surface area contributed by atoms with E-state index in [1.54, 1.807) is 30.3 Å². The standard InChI is InChI=1S/C12H20N2O2S/c1-2-3-9-11(13)12(14)17(15,16)10-7-5-4-6-8-10/h4-8,11-12H,2-3,9,13-14H2,1H3. The van der Waals surface area contributed by atoms with Crippen LogP contribution < -0.4 is 11.5 Å². The van der Waals surface area contributed by atoms with Crippen molar-refractivity contribution in [1.82, 2.24) is 0 Å². The highest BCUT2D eigenvalue weighted by Crippen LogP contribution is 2.16. The van der Waals surface area contributed by atoms with Gasteiger partial charge in [0.2, 0.25) is 0 Å². The highest BCUT2D eigenvalue weighted by atomic mass is 32.2. The Morgan fingerprint density at radius 3 is 2.29 bits per heavy atom. The molecule has 1 aromatic rings. The Morgan fingerprint density at radius 2 is 1.76 bits per heavy atom. The normalized spacial score (nSPS) is 15.5. The molecule has 4 nitrogen and oxygen atoms in total. The summed E-state index contributed by atoms with van der Waals surface area (Å²) < 4.78 is 24.3. The molecule has 0 aromatic heterocycles. The van der Waals surface area contributed by atoms with Gasteiger partial charge >= 0.3 is 0 Å². The van der Waals surface area contributed by atoms with Crippen molar-refractivity contribution in [3.05, 3.63) is 30.3 Å². The van der Waals surface area contributed by atoms with Gasteiger partial charge in [0.15, 0.2) is 9.84 Å². The zero-order valence-electron chi connectivity index (χ0n) is 10.0. The lowest BCUT2D eigenvalue weighted by Gasteiger charge is -2.19. The SMILES string of the molecule is CCCCC(N)C(N)S(=O)(=O)c1ccccc1. The van der Waals surface area contributed by atoms with Crippen molar-refractivity contribution in [2.24, 2.45) is 11.5 Å². The predicted molar refractivity (Wildman–Crippen MR) is 69.1 cm³/mol.